The zero-order valence-electron chi connectivity index (χ0n) is 29.9. The summed E-state index contributed by atoms with van der Waals surface area (Å²) in [6.07, 6.45) is 3.82. The molecule has 0 aliphatic heterocycles. The molecule has 254 valence electrons. The minimum absolute atomic E-state index is 0.785. The number of aromatic nitrogens is 2. The maximum absolute atomic E-state index is 6.11. The Labute approximate surface area is 309 Å². The standard InChI is InChI=1S/C49H37N3O/c1-32-24-33(2)49(43(25-32)36-16-8-5-9-17-36)52(39-20-12-18-37(26-39)45-28-42(34(3)30-50-45)35-14-6-4-7-15-35)40-21-13-19-38(27-40)46-29-44-41-22-10-11-23-47(41)53-48(44)31-51-46/h4-31H,1-3H3. The van der Waals surface area contributed by atoms with Gasteiger partial charge in [-0.2, -0.15) is 0 Å². The maximum Gasteiger partial charge on any atom is 0.153 e. The van der Waals surface area contributed by atoms with Crippen molar-refractivity contribution in [3.63, 3.8) is 0 Å². The molecule has 53 heavy (non-hydrogen) atoms. The lowest BCUT2D eigenvalue weighted by Gasteiger charge is -2.30. The largest absolute Gasteiger partial charge is 0.454 e. The fraction of sp³-hybridized carbons (Fsp3) is 0.0612. The zero-order valence-corrected chi connectivity index (χ0v) is 29.9. The first-order valence-electron chi connectivity index (χ1n) is 18.0. The Morgan fingerprint density at radius 2 is 1.02 bits per heavy atom. The average Bonchev–Trinajstić information content (AvgIpc) is 3.58. The SMILES string of the molecule is Cc1cc(C)c(N(c2cccc(-c3cc(-c4ccccc4)c(C)cn3)c2)c2cccc(-c3cc4c(cn3)oc3ccccc34)c2)c(-c2ccccc2)c1. The number of hydrogen-bond donors (Lipinski definition) is 0. The van der Waals surface area contributed by atoms with Crippen LogP contribution in [0.4, 0.5) is 17.1 Å². The molecule has 0 radical (unpaired) electrons. The molecule has 0 aliphatic carbocycles. The van der Waals surface area contributed by atoms with E-state index in [0.29, 0.717) is 0 Å². The number of fused-ring (bicyclic) bond motifs is 3. The average molecular weight is 684 g/mol. The maximum atomic E-state index is 6.11. The van der Waals surface area contributed by atoms with Gasteiger partial charge >= 0.3 is 0 Å². The summed E-state index contributed by atoms with van der Waals surface area (Å²) >= 11 is 0. The molecular formula is C49H37N3O. The summed E-state index contributed by atoms with van der Waals surface area (Å²) in [5.41, 5.74) is 17.0. The Balaban J connectivity index is 1.23. The van der Waals surface area contributed by atoms with E-state index in [2.05, 4.69) is 165 Å². The molecule has 9 rings (SSSR count). The summed E-state index contributed by atoms with van der Waals surface area (Å²) in [6, 6.07) is 55.7. The van der Waals surface area contributed by atoms with Crippen LogP contribution in [-0.4, -0.2) is 9.97 Å². The molecule has 9 aromatic rings. The van der Waals surface area contributed by atoms with E-state index in [1.54, 1.807) is 0 Å². The second-order valence-electron chi connectivity index (χ2n) is 13.7. The minimum atomic E-state index is 0.785. The summed E-state index contributed by atoms with van der Waals surface area (Å²) in [5.74, 6) is 0. The van der Waals surface area contributed by atoms with Crippen LogP contribution >= 0.6 is 0 Å². The number of para-hydroxylation sites is 1. The Morgan fingerprint density at radius 1 is 0.434 bits per heavy atom. The molecule has 0 fully saturated rings. The first-order chi connectivity index (χ1) is 26.0. The van der Waals surface area contributed by atoms with Gasteiger partial charge in [0, 0.05) is 45.0 Å². The van der Waals surface area contributed by atoms with Crippen molar-refractivity contribution in [3.8, 4) is 44.8 Å². The van der Waals surface area contributed by atoms with E-state index >= 15 is 0 Å². The van der Waals surface area contributed by atoms with E-state index in [1.807, 2.05) is 30.6 Å². The first kappa shape index (κ1) is 32.1. The van der Waals surface area contributed by atoms with Gasteiger partial charge in [-0.25, -0.2) is 0 Å². The highest BCUT2D eigenvalue weighted by Crippen LogP contribution is 2.45. The highest BCUT2D eigenvalue weighted by atomic mass is 16.3. The van der Waals surface area contributed by atoms with E-state index in [1.165, 1.54) is 33.4 Å². The van der Waals surface area contributed by atoms with Crippen molar-refractivity contribution in [2.24, 2.45) is 0 Å². The Kier molecular flexibility index (Phi) is 8.13. The predicted octanol–water partition coefficient (Wildman–Crippen LogP) is 13.4. The van der Waals surface area contributed by atoms with Crippen LogP contribution < -0.4 is 4.90 Å². The highest BCUT2D eigenvalue weighted by Gasteiger charge is 2.22. The number of nitrogens with zero attached hydrogens (tertiary/aromatic N) is 3. The van der Waals surface area contributed by atoms with E-state index < -0.39 is 0 Å². The first-order valence-corrected chi connectivity index (χ1v) is 18.0. The van der Waals surface area contributed by atoms with Crippen molar-refractivity contribution in [3.05, 3.63) is 187 Å². The molecule has 0 unspecified atom stereocenters. The lowest BCUT2D eigenvalue weighted by Crippen LogP contribution is -2.13. The molecule has 0 amide bonds. The van der Waals surface area contributed by atoms with E-state index in [4.69, 9.17) is 14.4 Å². The van der Waals surface area contributed by atoms with Gasteiger partial charge < -0.3 is 9.32 Å². The topological polar surface area (TPSA) is 42.2 Å². The second-order valence-corrected chi connectivity index (χ2v) is 13.7. The van der Waals surface area contributed by atoms with Crippen molar-refractivity contribution in [1.29, 1.82) is 0 Å². The molecule has 6 aromatic carbocycles. The quantitative estimate of drug-likeness (QED) is 0.168. The number of rotatable bonds is 7. The van der Waals surface area contributed by atoms with Crippen LogP contribution in [0.3, 0.4) is 0 Å². The van der Waals surface area contributed by atoms with Crippen LogP contribution in [0, 0.1) is 20.8 Å². The fourth-order valence-electron chi connectivity index (χ4n) is 7.51. The third-order valence-corrected chi connectivity index (χ3v) is 10.0. The molecule has 0 N–H and O–H groups in total. The van der Waals surface area contributed by atoms with Crippen molar-refractivity contribution in [1.82, 2.24) is 9.97 Å². The van der Waals surface area contributed by atoms with Gasteiger partial charge in [0.05, 0.1) is 23.3 Å². The predicted molar refractivity (Wildman–Crippen MR) is 220 cm³/mol. The number of aryl methyl sites for hydroxylation is 3. The number of anilines is 3. The minimum Gasteiger partial charge on any atom is -0.454 e. The van der Waals surface area contributed by atoms with Crippen LogP contribution in [0.2, 0.25) is 0 Å². The lowest BCUT2D eigenvalue weighted by atomic mass is 9.95. The van der Waals surface area contributed by atoms with E-state index in [0.717, 1.165) is 67.1 Å². The molecule has 0 atom stereocenters. The van der Waals surface area contributed by atoms with Gasteiger partial charge in [0.15, 0.2) is 5.58 Å². The summed E-state index contributed by atoms with van der Waals surface area (Å²) in [7, 11) is 0. The lowest BCUT2D eigenvalue weighted by molar-refractivity contribution is 0.667. The molecule has 0 bridgehead atoms. The number of pyridine rings is 2. The normalized spacial score (nSPS) is 11.3. The van der Waals surface area contributed by atoms with E-state index in [-0.39, 0.29) is 0 Å². The van der Waals surface area contributed by atoms with Crippen LogP contribution in [0.5, 0.6) is 0 Å². The third kappa shape index (κ3) is 6.04. The van der Waals surface area contributed by atoms with Crippen molar-refractivity contribution >= 4 is 39.0 Å². The molecule has 0 saturated carbocycles. The summed E-state index contributed by atoms with van der Waals surface area (Å²) in [6.45, 7) is 6.50. The smallest absolute Gasteiger partial charge is 0.153 e. The molecule has 0 spiro atoms. The van der Waals surface area contributed by atoms with Gasteiger partial charge in [-0.3, -0.25) is 9.97 Å². The van der Waals surface area contributed by atoms with Gasteiger partial charge in [0.2, 0.25) is 0 Å². The van der Waals surface area contributed by atoms with Gasteiger partial charge in [-0.05, 0) is 97.1 Å². The Bertz CT molecular complexity index is 2770. The van der Waals surface area contributed by atoms with Gasteiger partial charge in [-0.1, -0.05) is 115 Å². The molecule has 3 heterocycles. The molecular weight excluding hydrogens is 647 g/mol. The van der Waals surface area contributed by atoms with Crippen molar-refractivity contribution in [2.75, 3.05) is 4.90 Å². The summed E-state index contributed by atoms with van der Waals surface area (Å²) < 4.78 is 6.11. The fourth-order valence-corrected chi connectivity index (χ4v) is 7.51. The van der Waals surface area contributed by atoms with Crippen LogP contribution in [-0.2, 0) is 0 Å². The monoisotopic (exact) mass is 683 g/mol. The van der Waals surface area contributed by atoms with Crippen LogP contribution in [0.25, 0.3) is 66.7 Å². The molecule has 3 aromatic heterocycles. The van der Waals surface area contributed by atoms with Gasteiger partial charge in [0.1, 0.15) is 5.58 Å². The van der Waals surface area contributed by atoms with Crippen molar-refractivity contribution < 1.29 is 4.42 Å². The molecule has 4 heteroatoms. The third-order valence-electron chi connectivity index (χ3n) is 10.0. The molecule has 4 nitrogen and oxygen atoms in total. The summed E-state index contributed by atoms with van der Waals surface area (Å²) in [5, 5.41) is 2.14. The van der Waals surface area contributed by atoms with Gasteiger partial charge in [0.25, 0.3) is 0 Å². The second kappa shape index (κ2) is 13.4. The molecule has 0 saturated heterocycles. The van der Waals surface area contributed by atoms with Crippen LogP contribution in [0.15, 0.2) is 175 Å². The Morgan fingerprint density at radius 3 is 1.72 bits per heavy atom. The highest BCUT2D eigenvalue weighted by molar-refractivity contribution is 6.05. The number of furan rings is 1. The van der Waals surface area contributed by atoms with Crippen molar-refractivity contribution in [2.45, 2.75) is 20.8 Å². The Hall–Kier alpha value is -6.78. The number of benzene rings is 6. The molecule has 0 aliphatic rings. The number of hydrogen-bond acceptors (Lipinski definition) is 4. The zero-order chi connectivity index (χ0) is 35.9. The van der Waals surface area contributed by atoms with Gasteiger partial charge in [-0.15, -0.1) is 0 Å². The summed E-state index contributed by atoms with van der Waals surface area (Å²) in [4.78, 5) is 12.2. The van der Waals surface area contributed by atoms with E-state index in [9.17, 15) is 0 Å². The van der Waals surface area contributed by atoms with Crippen LogP contribution in [0.1, 0.15) is 16.7 Å².